The molecule has 4 atom stereocenters. The quantitative estimate of drug-likeness (QED) is 0.0522. The average Bonchev–Trinajstić information content (AvgIpc) is 3.48. The Morgan fingerprint density at radius 1 is 0.929 bits per heavy atom. The second kappa shape index (κ2) is 18.2. The fourth-order valence-electron chi connectivity index (χ4n) is 8.77. The number of halogens is 1. The van der Waals surface area contributed by atoms with E-state index in [1.54, 1.807) is 6.07 Å². The van der Waals surface area contributed by atoms with E-state index in [0.29, 0.717) is 46.3 Å². The number of allylic oxidation sites excluding steroid dienone is 1. The fraction of sp³-hybridized carbons (Fsp3) is 0.348. The van der Waals surface area contributed by atoms with Crippen molar-refractivity contribution < 1.29 is 34.4 Å². The monoisotopic (exact) mass is 868 g/mol. The van der Waals surface area contributed by atoms with Gasteiger partial charge in [0.1, 0.15) is 12.4 Å². The number of hydrogen-bond acceptors (Lipinski definition) is 8. The second-order valence-corrected chi connectivity index (χ2v) is 16.1. The molecule has 1 aliphatic carbocycles. The summed E-state index contributed by atoms with van der Waals surface area (Å²) in [5.41, 5.74) is 5.36. The number of likely N-dealkylation sites (tertiary alicyclic amines) is 2. The number of aliphatic hydroxyl groups is 2. The number of rotatable bonds is 14. The summed E-state index contributed by atoms with van der Waals surface area (Å²) < 4.78 is 12.3. The number of aliphatic hydroxyl groups excluding tert-OH is 2. The molecule has 56 heavy (non-hydrogen) atoms. The fourth-order valence-corrected chi connectivity index (χ4v) is 9.40. The van der Waals surface area contributed by atoms with Crippen molar-refractivity contribution in [1.82, 2.24) is 9.80 Å². The number of fused-ring (bicyclic) bond motifs is 1. The van der Waals surface area contributed by atoms with Crippen molar-refractivity contribution >= 4 is 46.1 Å². The molecule has 0 saturated carbocycles. The average molecular weight is 869 g/mol. The molecular weight excluding hydrogens is 819 g/mol. The molecule has 0 aromatic heterocycles. The van der Waals surface area contributed by atoms with Gasteiger partial charge in [-0.25, -0.2) is 0 Å². The Bertz CT molecular complexity index is 2050. The number of para-hydroxylation sites is 1. The van der Waals surface area contributed by atoms with Gasteiger partial charge in [0.05, 0.1) is 35.2 Å². The molecule has 9 nitrogen and oxygen atoms in total. The molecule has 2 amide bonds. The minimum atomic E-state index is -1.01. The number of hydrogen-bond donors (Lipinski definition) is 3. The van der Waals surface area contributed by atoms with Crippen LogP contribution in [0, 0.1) is 21.3 Å². The number of ether oxygens (including phenoxy) is 2. The molecule has 292 valence electrons. The number of methoxy groups -OCH3 is 1. The third-order valence-electron chi connectivity index (χ3n) is 11.5. The summed E-state index contributed by atoms with van der Waals surface area (Å²) >= 11 is 2.08. The molecule has 2 fully saturated rings. The molecule has 2 saturated heterocycles. The van der Waals surface area contributed by atoms with Crippen molar-refractivity contribution in [2.45, 2.75) is 50.8 Å². The number of benzene rings is 4. The van der Waals surface area contributed by atoms with E-state index in [-0.39, 0.29) is 43.2 Å². The molecule has 7 rings (SSSR count). The van der Waals surface area contributed by atoms with E-state index in [4.69, 9.17) is 9.47 Å². The number of phenolic OH excluding ortho intramolecular Hbond substituents is 1. The van der Waals surface area contributed by atoms with Crippen molar-refractivity contribution in [2.24, 2.45) is 17.8 Å². The Morgan fingerprint density at radius 3 is 2.25 bits per heavy atom. The van der Waals surface area contributed by atoms with Crippen LogP contribution in [0.15, 0.2) is 114 Å². The molecule has 4 aromatic rings. The van der Waals surface area contributed by atoms with Crippen LogP contribution in [0.25, 0.3) is 11.6 Å². The zero-order valence-electron chi connectivity index (χ0n) is 31.6. The summed E-state index contributed by atoms with van der Waals surface area (Å²) in [6.45, 7) is 2.13. The van der Waals surface area contributed by atoms with Gasteiger partial charge in [-0.15, -0.1) is 0 Å². The maximum atomic E-state index is 14.4. The van der Waals surface area contributed by atoms with Gasteiger partial charge in [0, 0.05) is 31.6 Å². The molecule has 2 heterocycles. The molecule has 3 aliphatic rings. The van der Waals surface area contributed by atoms with Crippen molar-refractivity contribution in [3.63, 3.8) is 0 Å². The van der Waals surface area contributed by atoms with Crippen LogP contribution in [0.4, 0.5) is 0 Å². The van der Waals surface area contributed by atoms with E-state index in [9.17, 15) is 24.9 Å². The zero-order chi connectivity index (χ0) is 39.2. The lowest BCUT2D eigenvalue weighted by molar-refractivity contribution is -0.144. The number of piperidine rings is 1. The first kappa shape index (κ1) is 39.7. The molecule has 4 aromatic carbocycles. The van der Waals surface area contributed by atoms with E-state index >= 15 is 0 Å². The highest BCUT2D eigenvalue weighted by molar-refractivity contribution is 14.1. The summed E-state index contributed by atoms with van der Waals surface area (Å²) in [4.78, 5) is 32.6. The second-order valence-electron chi connectivity index (χ2n) is 15.0. The zero-order valence-corrected chi connectivity index (χ0v) is 33.8. The van der Waals surface area contributed by atoms with Gasteiger partial charge in [-0.05, 0) is 112 Å². The predicted molar refractivity (Wildman–Crippen MR) is 225 cm³/mol. The van der Waals surface area contributed by atoms with Gasteiger partial charge >= 0.3 is 0 Å². The summed E-state index contributed by atoms with van der Waals surface area (Å²) in [6.07, 6.45) is 3.46. The Morgan fingerprint density at radius 2 is 1.59 bits per heavy atom. The van der Waals surface area contributed by atoms with Crippen molar-refractivity contribution in [2.75, 3.05) is 33.4 Å². The molecule has 0 radical (unpaired) electrons. The maximum absolute atomic E-state index is 14.4. The molecular formula is C46H49IN2O7. The van der Waals surface area contributed by atoms with Gasteiger partial charge in [-0.1, -0.05) is 84.9 Å². The molecule has 0 unspecified atom stereocenters. The number of amides is 2. The summed E-state index contributed by atoms with van der Waals surface area (Å²) in [7, 11) is 1.52. The summed E-state index contributed by atoms with van der Waals surface area (Å²) in [5.74, 6) is -1.43. The van der Waals surface area contributed by atoms with Gasteiger partial charge in [0.2, 0.25) is 11.8 Å². The Hall–Kier alpha value is -4.49. The summed E-state index contributed by atoms with van der Waals surface area (Å²) in [5, 5.41) is 33.7. The van der Waals surface area contributed by atoms with Crippen LogP contribution < -0.4 is 9.47 Å². The van der Waals surface area contributed by atoms with Crippen LogP contribution in [-0.4, -0.2) is 82.5 Å². The Balaban J connectivity index is 1.15. The van der Waals surface area contributed by atoms with Gasteiger partial charge in [0.15, 0.2) is 11.5 Å². The van der Waals surface area contributed by atoms with Crippen molar-refractivity contribution in [1.29, 1.82) is 0 Å². The highest BCUT2D eigenvalue weighted by Crippen LogP contribution is 2.48. The van der Waals surface area contributed by atoms with Crippen molar-refractivity contribution in [3.05, 3.63) is 135 Å². The van der Waals surface area contributed by atoms with E-state index in [1.807, 2.05) is 91.0 Å². The number of nitrogens with zero attached hydrogens (tertiary/aromatic N) is 2. The van der Waals surface area contributed by atoms with Gasteiger partial charge in [0.25, 0.3) is 0 Å². The SMILES string of the molecule is COc1cc(/C=C(/CC[C@@H](O)C2=C(COc3ccccc3)C[C@H]3C(=O)N(C4CCN(Cc5ccccc5)CC4)C(=O)[C@H]3[C@H]2CO)c2ccccc2)cc(I)c1O. The lowest BCUT2D eigenvalue weighted by Crippen LogP contribution is -2.47. The number of phenols is 1. The minimum absolute atomic E-state index is 0.0804. The largest absolute Gasteiger partial charge is 0.504 e. The van der Waals surface area contributed by atoms with Crippen LogP contribution in [0.5, 0.6) is 17.2 Å². The van der Waals surface area contributed by atoms with E-state index in [2.05, 4.69) is 39.6 Å². The van der Waals surface area contributed by atoms with E-state index in [0.717, 1.165) is 41.9 Å². The molecule has 0 spiro atoms. The van der Waals surface area contributed by atoms with Crippen molar-refractivity contribution in [3.8, 4) is 17.2 Å². The third kappa shape index (κ3) is 8.73. The molecule has 10 heteroatoms. The Labute approximate surface area is 342 Å². The van der Waals surface area contributed by atoms with Crippen LogP contribution in [-0.2, 0) is 16.1 Å². The van der Waals surface area contributed by atoms with Gasteiger partial charge < -0.3 is 24.8 Å². The summed E-state index contributed by atoms with van der Waals surface area (Å²) in [6, 6.07) is 33.1. The first-order valence-electron chi connectivity index (χ1n) is 19.4. The van der Waals surface area contributed by atoms with Crippen LogP contribution in [0.2, 0.25) is 0 Å². The van der Waals surface area contributed by atoms with Gasteiger partial charge in [-0.2, -0.15) is 0 Å². The van der Waals surface area contributed by atoms with Crippen LogP contribution in [0.3, 0.4) is 0 Å². The topological polar surface area (TPSA) is 120 Å². The predicted octanol–water partition coefficient (Wildman–Crippen LogP) is 7.34. The lowest BCUT2D eigenvalue weighted by Gasteiger charge is -2.37. The maximum Gasteiger partial charge on any atom is 0.234 e. The molecule has 0 bridgehead atoms. The normalized spacial score (nSPS) is 21.3. The number of imide groups is 1. The van der Waals surface area contributed by atoms with Gasteiger partial charge in [-0.3, -0.25) is 19.4 Å². The highest BCUT2D eigenvalue weighted by atomic mass is 127. The van der Waals surface area contributed by atoms with E-state index in [1.165, 1.54) is 17.6 Å². The molecule has 3 N–H and O–H groups in total. The van der Waals surface area contributed by atoms with Crippen LogP contribution >= 0.6 is 22.6 Å². The number of carbonyl (C=O) groups is 2. The number of carbonyl (C=O) groups excluding carboxylic acids is 2. The van der Waals surface area contributed by atoms with E-state index < -0.39 is 23.9 Å². The number of aromatic hydroxyl groups is 1. The minimum Gasteiger partial charge on any atom is -0.504 e. The Kier molecular flexibility index (Phi) is 12.9. The standard InChI is InChI=1S/C46H49IN2O7/c1-55-41-25-31(24-39(47)44(41)52)23-33(32-13-7-3-8-14-32)17-18-40(51)42-34(29-56-36-15-9-4-10-16-36)26-37-43(38(42)28-50)46(54)49(45(37)53)35-19-21-48(22-20-35)27-30-11-5-2-6-12-30/h2-16,23-25,35,37-38,40,43,50-52H,17-22,26-29H2,1H3/b33-23-/t37-,38+,40-,43-/m1/s1. The molecule has 2 aliphatic heterocycles. The highest BCUT2D eigenvalue weighted by Gasteiger charge is 2.56. The lowest BCUT2D eigenvalue weighted by atomic mass is 9.68. The first-order valence-corrected chi connectivity index (χ1v) is 20.5. The first-order chi connectivity index (χ1) is 27.2. The smallest absolute Gasteiger partial charge is 0.234 e. The third-order valence-corrected chi connectivity index (χ3v) is 12.4. The van der Waals surface area contributed by atoms with Crippen LogP contribution in [0.1, 0.15) is 48.8 Å².